The molecule has 2 rings (SSSR count). The first-order chi connectivity index (χ1) is 8.00. The first-order valence-corrected chi connectivity index (χ1v) is 7.14. The smallest absolute Gasteiger partial charge is 0.238 e. The van der Waals surface area contributed by atoms with Crippen molar-refractivity contribution in [1.82, 2.24) is 5.32 Å². The van der Waals surface area contributed by atoms with Gasteiger partial charge in [0.1, 0.15) is 0 Å². The summed E-state index contributed by atoms with van der Waals surface area (Å²) >= 11 is 0. The van der Waals surface area contributed by atoms with E-state index >= 15 is 0 Å². The van der Waals surface area contributed by atoms with E-state index in [4.69, 9.17) is 10.9 Å². The van der Waals surface area contributed by atoms with Crippen LogP contribution in [-0.4, -0.2) is 21.5 Å². The van der Waals surface area contributed by atoms with E-state index in [1.807, 2.05) is 0 Å². The normalized spacial score (nSPS) is 15.8. The first-order valence-electron chi connectivity index (χ1n) is 5.59. The Labute approximate surface area is 102 Å². The Balaban J connectivity index is 0.000000202. The molecule has 0 aliphatic carbocycles. The highest BCUT2D eigenvalue weighted by Gasteiger charge is 2.04. The maximum absolute atomic E-state index is 10.7. The number of nitrogens with one attached hydrogen (secondary N) is 1. The zero-order valence-corrected chi connectivity index (χ0v) is 10.5. The van der Waals surface area contributed by atoms with Gasteiger partial charge < -0.3 is 11.1 Å². The van der Waals surface area contributed by atoms with Crippen LogP contribution < -0.4 is 16.2 Å². The summed E-state index contributed by atoms with van der Waals surface area (Å²) in [6, 6.07) is 5.70. The van der Waals surface area contributed by atoms with Crippen molar-refractivity contribution in [2.45, 2.75) is 24.2 Å². The lowest BCUT2D eigenvalue weighted by Gasteiger charge is -2.08. The van der Waals surface area contributed by atoms with E-state index in [-0.39, 0.29) is 4.90 Å². The molecule has 6 heteroatoms. The number of sulfonamides is 1. The van der Waals surface area contributed by atoms with Crippen LogP contribution in [0.15, 0.2) is 29.2 Å². The average molecular weight is 257 g/mol. The van der Waals surface area contributed by atoms with Gasteiger partial charge in [-0.3, -0.25) is 0 Å². The summed E-state index contributed by atoms with van der Waals surface area (Å²) in [4.78, 5) is 0.0756. The molecule has 0 radical (unpaired) electrons. The van der Waals surface area contributed by atoms with E-state index in [0.717, 1.165) is 0 Å². The molecule has 0 aromatic heterocycles. The summed E-state index contributed by atoms with van der Waals surface area (Å²) < 4.78 is 21.4. The van der Waals surface area contributed by atoms with Gasteiger partial charge in [0.25, 0.3) is 0 Å². The number of anilines is 1. The zero-order chi connectivity index (χ0) is 12.7. The van der Waals surface area contributed by atoms with Gasteiger partial charge in [-0.2, -0.15) is 0 Å². The third-order valence-corrected chi connectivity index (χ3v) is 3.34. The van der Waals surface area contributed by atoms with Crippen LogP contribution in [0.1, 0.15) is 19.3 Å². The third-order valence-electron chi connectivity index (χ3n) is 2.42. The topological polar surface area (TPSA) is 98.2 Å². The van der Waals surface area contributed by atoms with Crippen molar-refractivity contribution >= 4 is 15.7 Å². The molecule has 1 saturated heterocycles. The second-order valence-electron chi connectivity index (χ2n) is 3.92. The number of nitrogen functional groups attached to an aromatic ring is 1. The number of primary sulfonamides is 1. The van der Waals surface area contributed by atoms with Gasteiger partial charge in [-0.15, -0.1) is 0 Å². The van der Waals surface area contributed by atoms with Crippen LogP contribution in [0.4, 0.5) is 5.69 Å². The Morgan fingerprint density at radius 3 is 1.82 bits per heavy atom. The van der Waals surface area contributed by atoms with Crippen molar-refractivity contribution in [3.63, 3.8) is 0 Å². The van der Waals surface area contributed by atoms with Crippen molar-refractivity contribution in [3.8, 4) is 0 Å². The van der Waals surface area contributed by atoms with Crippen molar-refractivity contribution < 1.29 is 8.42 Å². The van der Waals surface area contributed by atoms with Crippen LogP contribution in [0.25, 0.3) is 0 Å². The minimum absolute atomic E-state index is 0.0756. The zero-order valence-electron chi connectivity index (χ0n) is 9.72. The largest absolute Gasteiger partial charge is 0.399 e. The molecule has 1 aromatic rings. The Bertz CT molecular complexity index is 413. The van der Waals surface area contributed by atoms with Crippen LogP contribution in [0.2, 0.25) is 0 Å². The van der Waals surface area contributed by atoms with Crippen LogP contribution >= 0.6 is 0 Å². The van der Waals surface area contributed by atoms with E-state index in [1.54, 1.807) is 0 Å². The highest BCUT2D eigenvalue weighted by molar-refractivity contribution is 7.89. The fourth-order valence-corrected chi connectivity index (χ4v) is 1.97. The number of hydrogen-bond acceptors (Lipinski definition) is 4. The van der Waals surface area contributed by atoms with Gasteiger partial charge in [-0.05, 0) is 50.2 Å². The molecule has 0 bridgehead atoms. The Hall–Kier alpha value is -1.11. The SMILES string of the molecule is C1CCNCC1.Nc1ccc(S(N)(=O)=O)cc1. The fourth-order valence-electron chi connectivity index (χ4n) is 1.46. The van der Waals surface area contributed by atoms with E-state index in [2.05, 4.69) is 5.32 Å². The van der Waals surface area contributed by atoms with Crippen molar-refractivity contribution in [1.29, 1.82) is 0 Å². The maximum Gasteiger partial charge on any atom is 0.238 e. The quantitative estimate of drug-likeness (QED) is 0.644. The van der Waals surface area contributed by atoms with Gasteiger partial charge in [0.05, 0.1) is 4.90 Å². The summed E-state index contributed by atoms with van der Waals surface area (Å²) in [6.45, 7) is 2.50. The van der Waals surface area contributed by atoms with Gasteiger partial charge in [-0.1, -0.05) is 6.42 Å². The van der Waals surface area contributed by atoms with Gasteiger partial charge in [0.15, 0.2) is 0 Å². The summed E-state index contributed by atoms with van der Waals surface area (Å²) in [5.41, 5.74) is 5.85. The molecule has 0 unspecified atom stereocenters. The molecule has 0 amide bonds. The molecule has 0 spiro atoms. The summed E-state index contributed by atoms with van der Waals surface area (Å²) in [6.07, 6.45) is 4.22. The molecule has 0 saturated carbocycles. The molecule has 1 aliphatic heterocycles. The molecule has 1 heterocycles. The van der Waals surface area contributed by atoms with Gasteiger partial charge >= 0.3 is 0 Å². The summed E-state index contributed by atoms with van der Waals surface area (Å²) in [5, 5.41) is 8.12. The number of piperidine rings is 1. The van der Waals surface area contributed by atoms with Crippen LogP contribution in [0, 0.1) is 0 Å². The minimum Gasteiger partial charge on any atom is -0.399 e. The molecule has 96 valence electrons. The standard InChI is InChI=1S/C6H8N2O2S.C5H11N/c7-5-1-3-6(4-2-5)11(8,9)10;1-2-4-6-5-3-1/h1-4H,7H2,(H2,8,9,10);6H,1-5H2. The Morgan fingerprint density at radius 2 is 1.53 bits per heavy atom. The number of hydrogen-bond donors (Lipinski definition) is 3. The Kier molecular flexibility index (Phi) is 5.40. The fraction of sp³-hybridized carbons (Fsp3) is 0.455. The lowest BCUT2D eigenvalue weighted by Crippen LogP contribution is -2.21. The van der Waals surface area contributed by atoms with Gasteiger partial charge in [0, 0.05) is 5.69 Å². The lowest BCUT2D eigenvalue weighted by molar-refractivity contribution is 0.520. The van der Waals surface area contributed by atoms with Crippen molar-refractivity contribution in [2.24, 2.45) is 5.14 Å². The van der Waals surface area contributed by atoms with Crippen LogP contribution in [0.3, 0.4) is 0 Å². The number of nitrogens with two attached hydrogens (primary N) is 2. The molecule has 1 aliphatic rings. The van der Waals surface area contributed by atoms with E-state index in [0.29, 0.717) is 5.69 Å². The predicted molar refractivity (Wildman–Crippen MR) is 68.9 cm³/mol. The molecular weight excluding hydrogens is 238 g/mol. The minimum atomic E-state index is -3.58. The Morgan fingerprint density at radius 1 is 1.00 bits per heavy atom. The molecule has 17 heavy (non-hydrogen) atoms. The maximum atomic E-state index is 10.7. The second kappa shape index (κ2) is 6.58. The van der Waals surface area contributed by atoms with Crippen LogP contribution in [0.5, 0.6) is 0 Å². The molecule has 5 nitrogen and oxygen atoms in total. The second-order valence-corrected chi connectivity index (χ2v) is 5.49. The monoisotopic (exact) mass is 257 g/mol. The molecule has 1 aromatic carbocycles. The highest BCUT2D eigenvalue weighted by atomic mass is 32.2. The van der Waals surface area contributed by atoms with E-state index < -0.39 is 10.0 Å². The van der Waals surface area contributed by atoms with E-state index in [1.165, 1.54) is 56.6 Å². The summed E-state index contributed by atoms with van der Waals surface area (Å²) in [7, 11) is -3.58. The lowest BCUT2D eigenvalue weighted by atomic mass is 10.2. The summed E-state index contributed by atoms with van der Waals surface area (Å²) in [5.74, 6) is 0. The van der Waals surface area contributed by atoms with Gasteiger partial charge in [-0.25, -0.2) is 13.6 Å². The average Bonchev–Trinajstić information content (AvgIpc) is 2.31. The number of rotatable bonds is 1. The van der Waals surface area contributed by atoms with Crippen molar-refractivity contribution in [2.75, 3.05) is 18.8 Å². The third kappa shape index (κ3) is 5.67. The molecular formula is C11H19N3O2S. The van der Waals surface area contributed by atoms with Crippen LogP contribution in [-0.2, 0) is 10.0 Å². The first kappa shape index (κ1) is 14.0. The van der Waals surface area contributed by atoms with Gasteiger partial charge in [0.2, 0.25) is 10.0 Å². The molecule has 0 atom stereocenters. The van der Waals surface area contributed by atoms with E-state index in [9.17, 15) is 8.42 Å². The highest BCUT2D eigenvalue weighted by Crippen LogP contribution is 2.08. The van der Waals surface area contributed by atoms with Crippen molar-refractivity contribution in [3.05, 3.63) is 24.3 Å². The molecule has 5 N–H and O–H groups in total. The molecule has 1 fully saturated rings. The number of benzene rings is 1. The predicted octanol–water partition coefficient (Wildman–Crippen LogP) is 0.676.